The van der Waals surface area contributed by atoms with Crippen molar-refractivity contribution in [2.45, 2.75) is 19.4 Å². The van der Waals surface area contributed by atoms with E-state index in [1.54, 1.807) is 31.2 Å². The first-order valence-corrected chi connectivity index (χ1v) is 6.54. The molecule has 0 aliphatic rings. The SMILES string of the molecule is CCC(NC(=O)c1ccc(F)c2ccccc12)/C(N)=N/O. The maximum atomic E-state index is 13.7. The summed E-state index contributed by atoms with van der Waals surface area (Å²) in [7, 11) is 0. The summed E-state index contributed by atoms with van der Waals surface area (Å²) in [5, 5.41) is 15.2. The van der Waals surface area contributed by atoms with Crippen molar-refractivity contribution in [1.29, 1.82) is 0 Å². The Balaban J connectivity index is 2.38. The minimum absolute atomic E-state index is 0.0720. The average molecular weight is 289 g/mol. The van der Waals surface area contributed by atoms with Crippen molar-refractivity contribution in [3.8, 4) is 0 Å². The quantitative estimate of drug-likeness (QED) is 0.349. The van der Waals surface area contributed by atoms with Gasteiger partial charge in [0, 0.05) is 10.9 Å². The van der Waals surface area contributed by atoms with Gasteiger partial charge in [0.05, 0.1) is 6.04 Å². The second-order valence-electron chi connectivity index (χ2n) is 4.60. The van der Waals surface area contributed by atoms with Crippen molar-refractivity contribution in [1.82, 2.24) is 5.32 Å². The number of halogens is 1. The normalized spacial score (nSPS) is 13.1. The van der Waals surface area contributed by atoms with Gasteiger partial charge in [0.25, 0.3) is 5.91 Å². The first kappa shape index (κ1) is 14.8. The third-order valence-electron chi connectivity index (χ3n) is 3.30. The lowest BCUT2D eigenvalue weighted by Crippen LogP contribution is -2.44. The number of nitrogens with one attached hydrogen (secondary N) is 1. The van der Waals surface area contributed by atoms with Gasteiger partial charge < -0.3 is 16.3 Å². The fraction of sp³-hybridized carbons (Fsp3) is 0.200. The van der Waals surface area contributed by atoms with Crippen LogP contribution in [0.5, 0.6) is 0 Å². The van der Waals surface area contributed by atoms with E-state index in [0.29, 0.717) is 22.8 Å². The van der Waals surface area contributed by atoms with Crippen LogP contribution in [0.4, 0.5) is 4.39 Å². The molecular formula is C15H16FN3O2. The summed E-state index contributed by atoms with van der Waals surface area (Å²) in [5.74, 6) is -0.854. The highest BCUT2D eigenvalue weighted by Crippen LogP contribution is 2.21. The molecule has 1 amide bonds. The summed E-state index contributed by atoms with van der Waals surface area (Å²) < 4.78 is 13.7. The zero-order valence-corrected chi connectivity index (χ0v) is 11.5. The number of rotatable bonds is 4. The predicted octanol–water partition coefficient (Wildman–Crippen LogP) is 2.23. The van der Waals surface area contributed by atoms with E-state index in [0.717, 1.165) is 0 Å². The molecule has 0 spiro atoms. The van der Waals surface area contributed by atoms with Crippen molar-refractivity contribution in [2.24, 2.45) is 10.9 Å². The number of nitrogens with zero attached hydrogens (tertiary/aromatic N) is 1. The molecule has 0 aromatic heterocycles. The van der Waals surface area contributed by atoms with Crippen LogP contribution in [0.25, 0.3) is 10.8 Å². The standard InChI is InChI=1S/C15H16FN3O2/c1-2-13(14(17)19-21)18-15(20)11-7-8-12(16)10-6-4-3-5-9(10)11/h3-8,13,21H,2H2,1H3,(H2,17,19)(H,18,20). The van der Waals surface area contributed by atoms with Crippen molar-refractivity contribution in [2.75, 3.05) is 0 Å². The van der Waals surface area contributed by atoms with Gasteiger partial charge >= 0.3 is 0 Å². The lowest BCUT2D eigenvalue weighted by atomic mass is 10.0. The van der Waals surface area contributed by atoms with Gasteiger partial charge in [-0.2, -0.15) is 0 Å². The molecule has 2 aromatic rings. The van der Waals surface area contributed by atoms with Crippen LogP contribution in [0.3, 0.4) is 0 Å². The summed E-state index contributed by atoms with van der Waals surface area (Å²) in [6.07, 6.45) is 0.473. The molecule has 0 bridgehead atoms. The Labute approximate surface area is 121 Å². The lowest BCUT2D eigenvalue weighted by molar-refractivity contribution is 0.0947. The van der Waals surface area contributed by atoms with Crippen LogP contribution in [-0.4, -0.2) is 23.0 Å². The van der Waals surface area contributed by atoms with Gasteiger partial charge in [-0.05, 0) is 23.9 Å². The zero-order valence-electron chi connectivity index (χ0n) is 11.5. The van der Waals surface area contributed by atoms with Crippen LogP contribution in [0, 0.1) is 5.82 Å². The maximum Gasteiger partial charge on any atom is 0.252 e. The molecule has 1 atom stereocenters. The van der Waals surface area contributed by atoms with Crippen molar-refractivity contribution < 1.29 is 14.4 Å². The number of hydrogen-bond donors (Lipinski definition) is 3. The Bertz CT molecular complexity index is 700. The number of fused-ring (bicyclic) bond motifs is 1. The second-order valence-corrected chi connectivity index (χ2v) is 4.60. The molecule has 2 rings (SSSR count). The Morgan fingerprint density at radius 3 is 2.62 bits per heavy atom. The monoisotopic (exact) mass is 289 g/mol. The number of amidine groups is 1. The fourth-order valence-corrected chi connectivity index (χ4v) is 2.15. The highest BCUT2D eigenvalue weighted by Gasteiger charge is 2.18. The van der Waals surface area contributed by atoms with E-state index in [4.69, 9.17) is 10.9 Å². The summed E-state index contributed by atoms with van der Waals surface area (Å²) in [6, 6.07) is 8.83. The van der Waals surface area contributed by atoms with Crippen LogP contribution in [0.1, 0.15) is 23.7 Å². The van der Waals surface area contributed by atoms with E-state index in [-0.39, 0.29) is 11.7 Å². The Kier molecular flexibility index (Phi) is 4.37. The molecule has 21 heavy (non-hydrogen) atoms. The van der Waals surface area contributed by atoms with Gasteiger partial charge in [0.1, 0.15) is 5.82 Å². The van der Waals surface area contributed by atoms with Crippen LogP contribution in [0.2, 0.25) is 0 Å². The number of benzene rings is 2. The lowest BCUT2D eigenvalue weighted by Gasteiger charge is -2.16. The Morgan fingerprint density at radius 2 is 2.00 bits per heavy atom. The van der Waals surface area contributed by atoms with Gasteiger partial charge in [0.2, 0.25) is 0 Å². The topological polar surface area (TPSA) is 87.7 Å². The molecule has 0 heterocycles. The third-order valence-corrected chi connectivity index (χ3v) is 3.30. The molecule has 0 radical (unpaired) electrons. The fourth-order valence-electron chi connectivity index (χ4n) is 2.15. The van der Waals surface area contributed by atoms with E-state index in [1.165, 1.54) is 12.1 Å². The van der Waals surface area contributed by atoms with Gasteiger partial charge in [-0.1, -0.05) is 36.3 Å². The Hall–Kier alpha value is -2.63. The highest BCUT2D eigenvalue weighted by molar-refractivity contribution is 6.08. The number of oxime groups is 1. The second kappa shape index (κ2) is 6.21. The van der Waals surface area contributed by atoms with Crippen molar-refractivity contribution in [3.05, 3.63) is 47.8 Å². The first-order chi connectivity index (χ1) is 10.1. The smallest absolute Gasteiger partial charge is 0.252 e. The zero-order chi connectivity index (χ0) is 15.4. The van der Waals surface area contributed by atoms with Crippen molar-refractivity contribution >= 4 is 22.5 Å². The van der Waals surface area contributed by atoms with Gasteiger partial charge in [-0.3, -0.25) is 4.79 Å². The molecule has 1 unspecified atom stereocenters. The number of carbonyl (C=O) groups excluding carboxylic acids is 1. The molecule has 0 aliphatic carbocycles. The van der Waals surface area contributed by atoms with E-state index >= 15 is 0 Å². The maximum absolute atomic E-state index is 13.7. The van der Waals surface area contributed by atoms with Gasteiger partial charge in [-0.15, -0.1) is 0 Å². The molecule has 6 heteroatoms. The number of carbonyl (C=O) groups is 1. The summed E-state index contributed by atoms with van der Waals surface area (Å²) in [6.45, 7) is 1.80. The van der Waals surface area contributed by atoms with Crippen LogP contribution < -0.4 is 11.1 Å². The number of hydrogen-bond acceptors (Lipinski definition) is 3. The third kappa shape index (κ3) is 2.94. The van der Waals surface area contributed by atoms with E-state index in [1.807, 2.05) is 0 Å². The predicted molar refractivity (Wildman–Crippen MR) is 78.9 cm³/mol. The van der Waals surface area contributed by atoms with E-state index in [2.05, 4.69) is 10.5 Å². The number of nitrogens with two attached hydrogens (primary N) is 1. The molecule has 0 aliphatic heterocycles. The Morgan fingerprint density at radius 1 is 1.33 bits per heavy atom. The summed E-state index contributed by atoms with van der Waals surface area (Å²) in [4.78, 5) is 12.3. The molecule has 4 N–H and O–H groups in total. The molecule has 2 aromatic carbocycles. The van der Waals surface area contributed by atoms with E-state index in [9.17, 15) is 9.18 Å². The van der Waals surface area contributed by atoms with Gasteiger partial charge in [0.15, 0.2) is 5.84 Å². The first-order valence-electron chi connectivity index (χ1n) is 6.54. The van der Waals surface area contributed by atoms with E-state index < -0.39 is 11.9 Å². The summed E-state index contributed by atoms with van der Waals surface area (Å²) >= 11 is 0. The molecule has 0 fully saturated rings. The average Bonchev–Trinajstić information content (AvgIpc) is 2.52. The molecule has 0 saturated carbocycles. The minimum Gasteiger partial charge on any atom is -0.409 e. The van der Waals surface area contributed by atoms with Gasteiger partial charge in [-0.25, -0.2) is 4.39 Å². The largest absolute Gasteiger partial charge is 0.409 e. The highest BCUT2D eigenvalue weighted by atomic mass is 19.1. The van der Waals surface area contributed by atoms with Crippen LogP contribution in [0.15, 0.2) is 41.6 Å². The summed E-state index contributed by atoms with van der Waals surface area (Å²) in [5.41, 5.74) is 5.86. The molecule has 110 valence electrons. The van der Waals surface area contributed by atoms with Crippen LogP contribution in [-0.2, 0) is 0 Å². The molecular weight excluding hydrogens is 273 g/mol. The van der Waals surface area contributed by atoms with Crippen molar-refractivity contribution in [3.63, 3.8) is 0 Å². The minimum atomic E-state index is -0.577. The van der Waals surface area contributed by atoms with Crippen LogP contribution >= 0.6 is 0 Å². The molecule has 5 nitrogen and oxygen atoms in total. The number of amides is 1. The molecule has 0 saturated heterocycles.